The van der Waals surface area contributed by atoms with Gasteiger partial charge in [-0.1, -0.05) is 0 Å². The van der Waals surface area contributed by atoms with E-state index in [1.165, 1.54) is 0 Å². The molecule has 6 N–H and O–H groups in total. The van der Waals surface area contributed by atoms with Gasteiger partial charge in [-0.25, -0.2) is 0 Å². The Hall–Kier alpha value is 0.399. The Kier molecular flexibility index (Phi) is 10400. The molecule has 0 aromatic carbocycles. The molecular weight excluding hydrogens is 122 g/mol. The third-order valence-corrected chi connectivity index (χ3v) is 0. The van der Waals surface area contributed by atoms with Crippen LogP contribution in [-0.2, 0) is 17.1 Å². The van der Waals surface area contributed by atoms with E-state index in [0.29, 0.717) is 0 Å². The second-order valence-corrected chi connectivity index (χ2v) is 0. The first-order valence-corrected chi connectivity index (χ1v) is 0.707. The van der Waals surface area contributed by atoms with Crippen molar-refractivity contribution >= 4 is 0 Å². The van der Waals surface area contributed by atoms with E-state index in [1.807, 2.05) is 0 Å². The van der Waals surface area contributed by atoms with Crippen molar-refractivity contribution in [3.8, 4) is 0 Å². The topological polar surface area (TPSA) is 100 Å². The fourth-order valence-electron chi connectivity index (χ4n) is 0. The van der Waals surface area contributed by atoms with E-state index < -0.39 is 0 Å². The molecule has 0 bridgehead atoms. The van der Waals surface area contributed by atoms with Crippen LogP contribution in [0, 0.1) is 6.92 Å². The molecule has 0 unspecified atom stereocenters. The molecule has 0 aromatic heterocycles. The van der Waals surface area contributed by atoms with Gasteiger partial charge in [0.05, 0.1) is 0 Å². The summed E-state index contributed by atoms with van der Waals surface area (Å²) in [5.41, 5.74) is 0. The second kappa shape index (κ2) is 655. The Morgan fingerprint density at radius 1 is 0.833 bits per heavy atom. The molecule has 0 heterocycles. The molecule has 42 valence electrons. The van der Waals surface area contributed by atoms with Gasteiger partial charge in [-0.05, 0) is 0 Å². The largest absolute Gasteiger partial charge is 4.00 e. The summed E-state index contributed by atoms with van der Waals surface area (Å²) < 4.78 is 0. The summed E-state index contributed by atoms with van der Waals surface area (Å²) in [5.74, 6) is 0. The van der Waals surface area contributed by atoms with Crippen molar-refractivity contribution in [2.45, 2.75) is 6.92 Å². The van der Waals surface area contributed by atoms with Gasteiger partial charge in [0.25, 0.3) is 0 Å². The molecule has 0 saturated carbocycles. The number of hydrogen-bond donors (Lipinski definition) is 0. The first kappa shape index (κ1) is 95.3. The average molecular weight is 133 g/mol. The van der Waals surface area contributed by atoms with Crippen LogP contribution < -0.4 is 0 Å². The SMILES string of the molecule is [CH2-]C.[Fe+4].[NH2-].[NH2-].[NH2-]. The van der Waals surface area contributed by atoms with E-state index in [9.17, 15) is 0 Å². The summed E-state index contributed by atoms with van der Waals surface area (Å²) in [6.45, 7) is 5.00. The van der Waals surface area contributed by atoms with Crippen LogP contribution in [0.5, 0.6) is 0 Å². The predicted molar refractivity (Wildman–Crippen MR) is 26.9 cm³/mol. The molecule has 0 amide bonds. The van der Waals surface area contributed by atoms with Crippen LogP contribution in [0.1, 0.15) is 6.92 Å². The number of hydrogen-bond acceptors (Lipinski definition) is 0. The van der Waals surface area contributed by atoms with Crippen LogP contribution in [0.3, 0.4) is 0 Å². The van der Waals surface area contributed by atoms with Crippen molar-refractivity contribution in [1.82, 2.24) is 0 Å². The van der Waals surface area contributed by atoms with Crippen molar-refractivity contribution in [2.24, 2.45) is 0 Å². The fourth-order valence-corrected chi connectivity index (χ4v) is 0. The summed E-state index contributed by atoms with van der Waals surface area (Å²) in [5, 5.41) is 0. The average Bonchev–Trinajstić information content (AvgIpc) is 1.00. The molecule has 0 rings (SSSR count). The van der Waals surface area contributed by atoms with Gasteiger partial charge in [0.15, 0.2) is 0 Å². The fraction of sp³-hybridized carbons (Fsp3) is 0.500. The Balaban J connectivity index is -0.000000000833. The Morgan fingerprint density at radius 2 is 0.833 bits per heavy atom. The van der Waals surface area contributed by atoms with Gasteiger partial charge < -0.3 is 25.4 Å². The maximum Gasteiger partial charge on any atom is 4.00 e. The monoisotopic (exact) mass is 133 g/mol. The van der Waals surface area contributed by atoms with Gasteiger partial charge in [-0.2, -0.15) is 6.92 Å². The molecule has 4 heteroatoms. The van der Waals surface area contributed by atoms with E-state index in [1.54, 1.807) is 6.92 Å². The number of rotatable bonds is 0. The maximum absolute atomic E-state index is 3.25. The first-order valence-electron chi connectivity index (χ1n) is 0.707. The minimum atomic E-state index is 0. The minimum absolute atomic E-state index is 0. The quantitative estimate of drug-likeness (QED) is 0.358. The summed E-state index contributed by atoms with van der Waals surface area (Å²) in [6, 6.07) is 0. The van der Waals surface area contributed by atoms with Crippen LogP contribution in [0.4, 0.5) is 0 Å². The molecule has 0 aliphatic heterocycles. The summed E-state index contributed by atoms with van der Waals surface area (Å²) >= 11 is 0. The first-order chi connectivity index (χ1) is 1.00. The molecule has 0 radical (unpaired) electrons. The summed E-state index contributed by atoms with van der Waals surface area (Å²) in [6.07, 6.45) is 0. The van der Waals surface area contributed by atoms with E-state index in [-0.39, 0.29) is 35.5 Å². The van der Waals surface area contributed by atoms with Gasteiger partial charge in [0.1, 0.15) is 0 Å². The van der Waals surface area contributed by atoms with E-state index in [4.69, 9.17) is 0 Å². The third kappa shape index (κ3) is 319. The summed E-state index contributed by atoms with van der Waals surface area (Å²) in [4.78, 5) is 0. The van der Waals surface area contributed by atoms with Gasteiger partial charge >= 0.3 is 17.1 Å². The second-order valence-electron chi connectivity index (χ2n) is 0. The van der Waals surface area contributed by atoms with E-state index in [2.05, 4.69) is 6.92 Å². The van der Waals surface area contributed by atoms with Crippen LogP contribution >= 0.6 is 0 Å². The van der Waals surface area contributed by atoms with Crippen molar-refractivity contribution in [3.05, 3.63) is 25.4 Å². The Bertz CT molecular complexity index is 8.75. The predicted octanol–water partition coefficient (Wildman–Crippen LogP) is 2.99. The number of nitrogens with two attached hydrogens (primary N) is 3. The summed E-state index contributed by atoms with van der Waals surface area (Å²) in [7, 11) is 0. The van der Waals surface area contributed by atoms with Gasteiger partial charge in [0, 0.05) is 0 Å². The molecule has 0 aliphatic carbocycles. The van der Waals surface area contributed by atoms with Gasteiger partial charge in [-0.15, -0.1) is 0 Å². The standard InChI is InChI=1S/C2H5.Fe.3H2N/c1-2;;;;/h1H2,2H3;;3*1H2/q-1;+4;3*-1. The third-order valence-electron chi connectivity index (χ3n) is 0. The molecule has 6 heavy (non-hydrogen) atoms. The normalized spacial score (nSPS) is 1.00. The minimum Gasteiger partial charge on any atom is -0.693 e. The molecule has 0 spiro atoms. The Morgan fingerprint density at radius 3 is 0.833 bits per heavy atom. The molecule has 0 aliphatic rings. The zero-order chi connectivity index (χ0) is 2.00. The van der Waals surface area contributed by atoms with Crippen LogP contribution in [0.15, 0.2) is 0 Å². The smallest absolute Gasteiger partial charge is 0.693 e. The van der Waals surface area contributed by atoms with Crippen molar-refractivity contribution < 1.29 is 17.1 Å². The zero-order valence-corrected chi connectivity index (χ0v) is 4.90. The van der Waals surface area contributed by atoms with E-state index in [0.717, 1.165) is 0 Å². The van der Waals surface area contributed by atoms with Crippen LogP contribution in [0.25, 0.3) is 18.5 Å². The molecule has 0 atom stereocenters. The molecular formula is C2H11FeN3. The van der Waals surface area contributed by atoms with Crippen molar-refractivity contribution in [3.63, 3.8) is 0 Å². The maximum atomic E-state index is 3.25. The molecule has 0 saturated heterocycles. The van der Waals surface area contributed by atoms with Gasteiger partial charge in [-0.3, -0.25) is 0 Å². The van der Waals surface area contributed by atoms with Crippen LogP contribution in [0.2, 0.25) is 0 Å². The van der Waals surface area contributed by atoms with Crippen molar-refractivity contribution in [2.75, 3.05) is 0 Å². The molecule has 3 nitrogen and oxygen atoms in total. The van der Waals surface area contributed by atoms with Crippen molar-refractivity contribution in [1.29, 1.82) is 0 Å². The van der Waals surface area contributed by atoms with Crippen LogP contribution in [-0.4, -0.2) is 0 Å². The molecule has 0 fully saturated rings. The Labute approximate surface area is 50.1 Å². The van der Waals surface area contributed by atoms with Gasteiger partial charge in [0.2, 0.25) is 0 Å². The van der Waals surface area contributed by atoms with E-state index >= 15 is 0 Å². The molecule has 0 aromatic rings. The zero-order valence-electron chi connectivity index (χ0n) is 3.79.